The Morgan fingerprint density at radius 3 is 2.33 bits per heavy atom. The predicted molar refractivity (Wildman–Crippen MR) is 112 cm³/mol. The molecule has 2 saturated heterocycles. The van der Waals surface area contributed by atoms with Crippen LogP contribution in [-0.2, 0) is 19.1 Å². The maximum Gasteiger partial charge on any atom is 0.353 e. The highest BCUT2D eigenvalue weighted by molar-refractivity contribution is 6.30. The average Bonchev–Trinajstić information content (AvgIpc) is 3.12. The summed E-state index contributed by atoms with van der Waals surface area (Å²) in [5.74, 6) is -1.11. The van der Waals surface area contributed by atoms with E-state index in [0.717, 1.165) is 11.1 Å². The Bertz CT molecular complexity index is 1130. The number of β-lactam (4-membered cyclic amide) rings is 1. The van der Waals surface area contributed by atoms with E-state index in [0.29, 0.717) is 16.3 Å². The van der Waals surface area contributed by atoms with Gasteiger partial charge in [0.05, 0.1) is 0 Å². The molecule has 3 atom stereocenters. The van der Waals surface area contributed by atoms with Crippen molar-refractivity contribution in [3.8, 4) is 0 Å². The van der Waals surface area contributed by atoms with Gasteiger partial charge in [-0.05, 0) is 42.8 Å². The molecule has 2 fully saturated rings. The molecule has 6 heteroatoms. The van der Waals surface area contributed by atoms with E-state index < -0.39 is 29.8 Å². The summed E-state index contributed by atoms with van der Waals surface area (Å²) < 4.78 is 11.7. The molecule has 2 aliphatic heterocycles. The van der Waals surface area contributed by atoms with Crippen molar-refractivity contribution in [1.29, 1.82) is 0 Å². The third-order valence-electron chi connectivity index (χ3n) is 5.52. The minimum Gasteiger partial charge on any atom is -0.429 e. The predicted octanol–water partition coefficient (Wildman–Crippen LogP) is 4.75. The normalized spacial score (nSPS) is 25.3. The third kappa shape index (κ3) is 2.74. The number of esters is 1. The maximum absolute atomic E-state index is 13.4. The van der Waals surface area contributed by atoms with Crippen molar-refractivity contribution in [2.45, 2.75) is 24.9 Å². The number of anilines is 1. The van der Waals surface area contributed by atoms with Crippen LogP contribution in [-0.4, -0.2) is 17.5 Å². The molecule has 0 unspecified atom stereocenters. The fraction of sp³-hybridized carbons (Fsp3) is 0.167. The van der Waals surface area contributed by atoms with E-state index in [-0.39, 0.29) is 0 Å². The van der Waals surface area contributed by atoms with Crippen molar-refractivity contribution in [3.05, 3.63) is 101 Å². The molecule has 0 aliphatic carbocycles. The molecule has 3 aromatic rings. The van der Waals surface area contributed by atoms with Gasteiger partial charge in [0.15, 0.2) is 0 Å². The van der Waals surface area contributed by atoms with E-state index in [2.05, 4.69) is 0 Å². The van der Waals surface area contributed by atoms with Crippen molar-refractivity contribution < 1.29 is 19.1 Å². The van der Waals surface area contributed by atoms with Gasteiger partial charge >= 0.3 is 5.97 Å². The van der Waals surface area contributed by atoms with Crippen LogP contribution in [0.3, 0.4) is 0 Å². The number of hydrogen-bond acceptors (Lipinski definition) is 4. The lowest BCUT2D eigenvalue weighted by Crippen LogP contribution is -2.71. The lowest BCUT2D eigenvalue weighted by molar-refractivity contribution is -0.168. The molecule has 0 aromatic heterocycles. The molecule has 2 heterocycles. The molecule has 2 aliphatic rings. The first-order valence-corrected chi connectivity index (χ1v) is 9.98. The second-order valence-electron chi connectivity index (χ2n) is 7.47. The fourth-order valence-electron chi connectivity index (χ4n) is 4.10. The monoisotopic (exact) mass is 419 g/mol. The van der Waals surface area contributed by atoms with E-state index >= 15 is 0 Å². The first-order chi connectivity index (χ1) is 14.5. The van der Waals surface area contributed by atoms with Crippen LogP contribution < -0.4 is 4.90 Å². The van der Waals surface area contributed by atoms with E-state index in [4.69, 9.17) is 21.1 Å². The smallest absolute Gasteiger partial charge is 0.353 e. The largest absolute Gasteiger partial charge is 0.429 e. The van der Waals surface area contributed by atoms with Crippen molar-refractivity contribution >= 4 is 29.2 Å². The summed E-state index contributed by atoms with van der Waals surface area (Å²) in [5.41, 5.74) is 1.40. The van der Waals surface area contributed by atoms with Crippen molar-refractivity contribution in [1.82, 2.24) is 0 Å². The Hall–Kier alpha value is -3.15. The number of carbonyl (C=O) groups excluding carboxylic acids is 2. The Morgan fingerprint density at radius 2 is 1.63 bits per heavy atom. The second kappa shape index (κ2) is 6.97. The third-order valence-corrected chi connectivity index (χ3v) is 5.78. The highest BCUT2D eigenvalue weighted by Gasteiger charge is 2.73. The van der Waals surface area contributed by atoms with Gasteiger partial charge in [0.2, 0.25) is 6.29 Å². The van der Waals surface area contributed by atoms with Gasteiger partial charge in [0.25, 0.3) is 11.5 Å². The van der Waals surface area contributed by atoms with Gasteiger partial charge in [-0.1, -0.05) is 65.7 Å². The topological polar surface area (TPSA) is 55.8 Å². The van der Waals surface area contributed by atoms with Crippen LogP contribution >= 0.6 is 11.6 Å². The number of para-hydroxylation sites is 1. The van der Waals surface area contributed by atoms with Crippen LogP contribution in [0.1, 0.15) is 29.0 Å². The Balaban J connectivity index is 1.58. The number of hydrogen-bond donors (Lipinski definition) is 0. The summed E-state index contributed by atoms with van der Waals surface area (Å²) in [7, 11) is 0. The van der Waals surface area contributed by atoms with E-state index in [1.807, 2.05) is 61.5 Å². The number of amides is 1. The SMILES string of the molecule is Cc1cccc([C@@H]2OC(=O)[C@]3(O2)C(=O)N(c2ccccc2)[C@@H]3c2ccc(Cl)cc2)c1. The summed E-state index contributed by atoms with van der Waals surface area (Å²) in [5, 5.41) is 0.567. The molecule has 0 radical (unpaired) electrons. The minimum atomic E-state index is -1.72. The molecule has 0 bridgehead atoms. The first kappa shape index (κ1) is 18.9. The van der Waals surface area contributed by atoms with Gasteiger partial charge in [-0.15, -0.1) is 0 Å². The summed E-state index contributed by atoms with van der Waals surface area (Å²) >= 11 is 6.05. The number of ether oxygens (including phenoxy) is 2. The van der Waals surface area contributed by atoms with Crippen molar-refractivity contribution in [2.75, 3.05) is 4.90 Å². The van der Waals surface area contributed by atoms with Crippen LogP contribution in [0, 0.1) is 6.92 Å². The average molecular weight is 420 g/mol. The van der Waals surface area contributed by atoms with E-state index in [1.165, 1.54) is 0 Å². The number of benzene rings is 3. The molecule has 5 rings (SSSR count). The second-order valence-corrected chi connectivity index (χ2v) is 7.91. The fourth-order valence-corrected chi connectivity index (χ4v) is 4.23. The van der Waals surface area contributed by atoms with Gasteiger partial charge in [-0.3, -0.25) is 9.69 Å². The molecule has 30 heavy (non-hydrogen) atoms. The zero-order valence-electron chi connectivity index (χ0n) is 16.1. The maximum atomic E-state index is 13.4. The van der Waals surface area contributed by atoms with Crippen LogP contribution in [0.25, 0.3) is 0 Å². The van der Waals surface area contributed by atoms with Crippen LogP contribution in [0.2, 0.25) is 5.02 Å². The molecular weight excluding hydrogens is 402 g/mol. The molecule has 150 valence electrons. The van der Waals surface area contributed by atoms with Crippen LogP contribution in [0.5, 0.6) is 0 Å². The quantitative estimate of drug-likeness (QED) is 0.349. The Labute approximate surface area is 178 Å². The van der Waals surface area contributed by atoms with E-state index in [9.17, 15) is 9.59 Å². The first-order valence-electron chi connectivity index (χ1n) is 9.60. The van der Waals surface area contributed by atoms with Crippen molar-refractivity contribution in [3.63, 3.8) is 0 Å². The molecule has 1 spiro atoms. The molecule has 3 aromatic carbocycles. The van der Waals surface area contributed by atoms with Gasteiger partial charge in [0, 0.05) is 16.3 Å². The standard InChI is InChI=1S/C24H18ClNO4/c1-15-6-5-7-17(14-15)21-29-23(28)24(30-21)20(16-10-12-18(25)13-11-16)26(22(24)27)19-8-3-2-4-9-19/h2-14,20-21H,1H3/t20-,21-,24-/m1/s1. The van der Waals surface area contributed by atoms with Crippen molar-refractivity contribution in [2.24, 2.45) is 0 Å². The molecule has 0 saturated carbocycles. The number of cyclic esters (lactones) is 1. The number of rotatable bonds is 3. The zero-order chi connectivity index (χ0) is 20.9. The molecule has 0 N–H and O–H groups in total. The van der Waals surface area contributed by atoms with Gasteiger partial charge in [-0.25, -0.2) is 4.79 Å². The van der Waals surface area contributed by atoms with Gasteiger partial charge in [0.1, 0.15) is 6.04 Å². The molecular formula is C24H18ClNO4. The summed E-state index contributed by atoms with van der Waals surface area (Å²) in [6.45, 7) is 1.94. The highest BCUT2D eigenvalue weighted by Crippen LogP contribution is 2.54. The zero-order valence-corrected chi connectivity index (χ0v) is 16.9. The highest BCUT2D eigenvalue weighted by atomic mass is 35.5. The number of nitrogens with zero attached hydrogens (tertiary/aromatic N) is 1. The molecule has 1 amide bonds. The van der Waals surface area contributed by atoms with Crippen LogP contribution in [0.15, 0.2) is 78.9 Å². The van der Waals surface area contributed by atoms with Gasteiger partial charge < -0.3 is 9.47 Å². The Kier molecular flexibility index (Phi) is 4.38. The van der Waals surface area contributed by atoms with Gasteiger partial charge in [-0.2, -0.15) is 0 Å². The number of aryl methyl sites for hydroxylation is 1. The summed E-state index contributed by atoms with van der Waals surface area (Å²) in [6.07, 6.45) is -0.936. The number of carbonyl (C=O) groups is 2. The summed E-state index contributed by atoms with van der Waals surface area (Å²) in [6, 6.07) is 23.1. The minimum absolute atomic E-state index is 0.436. The number of halogens is 1. The Morgan fingerprint density at radius 1 is 0.900 bits per heavy atom. The lowest BCUT2D eigenvalue weighted by Gasteiger charge is -2.50. The van der Waals surface area contributed by atoms with Crippen LogP contribution in [0.4, 0.5) is 5.69 Å². The molecule has 5 nitrogen and oxygen atoms in total. The summed E-state index contributed by atoms with van der Waals surface area (Å²) in [4.78, 5) is 28.0. The lowest BCUT2D eigenvalue weighted by atomic mass is 9.77. The van der Waals surface area contributed by atoms with E-state index in [1.54, 1.807) is 29.2 Å².